The number of halogens is 1. The van der Waals surface area contributed by atoms with Crippen molar-refractivity contribution in [2.75, 3.05) is 16.3 Å². The Balaban J connectivity index is 2.23. The highest BCUT2D eigenvalue weighted by Crippen LogP contribution is 2.38. The van der Waals surface area contributed by atoms with Crippen molar-refractivity contribution in [2.24, 2.45) is 0 Å². The van der Waals surface area contributed by atoms with Gasteiger partial charge in [-0.05, 0) is 36.4 Å². The van der Waals surface area contributed by atoms with Crippen LogP contribution in [0.5, 0.6) is 5.75 Å². The van der Waals surface area contributed by atoms with Crippen molar-refractivity contribution in [1.82, 2.24) is 0 Å². The van der Waals surface area contributed by atoms with Gasteiger partial charge in [-0.3, -0.25) is 4.90 Å². The molecule has 6 nitrogen and oxygen atoms in total. The number of fused-ring (bicyclic) bond motifs is 1. The largest absolute Gasteiger partial charge is 0.508 e. The van der Waals surface area contributed by atoms with Gasteiger partial charge >= 0.3 is 6.03 Å². The SMILES string of the molecule is CN1C(=O)N(c2ccc(Cl)cc2)S(=O)(=O)c2ccc(O)cc21. The molecule has 1 aliphatic rings. The number of sulfonamides is 1. The summed E-state index contributed by atoms with van der Waals surface area (Å²) in [7, 11) is -2.62. The molecule has 2 amide bonds. The van der Waals surface area contributed by atoms with Crippen LogP contribution in [0.1, 0.15) is 0 Å². The first-order chi connectivity index (χ1) is 10.3. The molecule has 0 fully saturated rings. The average Bonchev–Trinajstić information content (AvgIpc) is 2.47. The van der Waals surface area contributed by atoms with Gasteiger partial charge in [0.1, 0.15) is 10.6 Å². The normalized spacial score (nSPS) is 16.5. The van der Waals surface area contributed by atoms with Crippen molar-refractivity contribution in [1.29, 1.82) is 0 Å². The molecule has 1 N–H and O–H groups in total. The predicted octanol–water partition coefficient (Wildman–Crippen LogP) is 2.81. The third kappa shape index (κ3) is 2.10. The molecule has 0 aromatic heterocycles. The zero-order chi connectivity index (χ0) is 16.1. The molecule has 1 heterocycles. The Kier molecular flexibility index (Phi) is 3.26. The number of benzene rings is 2. The minimum absolute atomic E-state index is 0.0534. The maximum Gasteiger partial charge on any atom is 0.342 e. The Morgan fingerprint density at radius 2 is 1.73 bits per heavy atom. The number of anilines is 2. The Morgan fingerprint density at radius 1 is 1.09 bits per heavy atom. The van der Waals surface area contributed by atoms with Crippen LogP contribution in [-0.2, 0) is 10.0 Å². The lowest BCUT2D eigenvalue weighted by Gasteiger charge is -2.34. The molecular formula is C14H11ClN2O4S. The van der Waals surface area contributed by atoms with Crippen molar-refractivity contribution < 1.29 is 18.3 Å². The number of phenolic OH excluding ortho intramolecular Hbond substituents is 1. The lowest BCUT2D eigenvalue weighted by atomic mass is 10.2. The fourth-order valence-electron chi connectivity index (χ4n) is 2.25. The van der Waals surface area contributed by atoms with Crippen LogP contribution in [0.3, 0.4) is 0 Å². The number of hydrogen-bond donors (Lipinski definition) is 1. The number of carbonyl (C=O) groups excluding carboxylic acids is 1. The Labute approximate surface area is 132 Å². The van der Waals surface area contributed by atoms with Crippen molar-refractivity contribution in [2.45, 2.75) is 4.90 Å². The van der Waals surface area contributed by atoms with E-state index in [4.69, 9.17) is 11.6 Å². The van der Waals surface area contributed by atoms with E-state index >= 15 is 0 Å². The second-order valence-corrected chi connectivity index (χ2v) is 6.93. The Morgan fingerprint density at radius 3 is 2.36 bits per heavy atom. The van der Waals surface area contributed by atoms with Gasteiger partial charge in [0.15, 0.2) is 0 Å². The molecule has 0 radical (unpaired) electrons. The first-order valence-corrected chi connectivity index (χ1v) is 8.06. The minimum atomic E-state index is -4.06. The minimum Gasteiger partial charge on any atom is -0.508 e. The Bertz CT molecular complexity index is 865. The van der Waals surface area contributed by atoms with Gasteiger partial charge in [-0.25, -0.2) is 13.2 Å². The molecule has 0 spiro atoms. The molecule has 2 aromatic rings. The molecule has 1 aliphatic heterocycles. The molecule has 0 bridgehead atoms. The standard InChI is InChI=1S/C14H11ClN2O4S/c1-16-12-8-11(18)6-7-13(12)22(20,21)17(14(16)19)10-4-2-9(15)3-5-10/h2-8,18H,1H3. The van der Waals surface area contributed by atoms with Gasteiger partial charge < -0.3 is 5.11 Å². The van der Waals surface area contributed by atoms with E-state index in [0.29, 0.717) is 9.33 Å². The number of phenols is 1. The quantitative estimate of drug-likeness (QED) is 0.867. The van der Waals surface area contributed by atoms with Crippen LogP contribution in [0.15, 0.2) is 47.4 Å². The first kappa shape index (κ1) is 14.7. The van der Waals surface area contributed by atoms with Crippen LogP contribution < -0.4 is 9.21 Å². The van der Waals surface area contributed by atoms with E-state index < -0.39 is 16.1 Å². The summed E-state index contributed by atoms with van der Waals surface area (Å²) in [6, 6.07) is 8.96. The van der Waals surface area contributed by atoms with Crippen molar-refractivity contribution >= 4 is 39.0 Å². The molecule has 0 unspecified atom stereocenters. The number of aromatic hydroxyl groups is 1. The molecule has 0 atom stereocenters. The number of urea groups is 1. The molecule has 8 heteroatoms. The summed E-state index contributed by atoms with van der Waals surface area (Å²) in [5.74, 6) is -0.117. The maximum absolute atomic E-state index is 12.7. The number of hydrogen-bond acceptors (Lipinski definition) is 4. The van der Waals surface area contributed by atoms with Crippen molar-refractivity contribution in [3.05, 3.63) is 47.5 Å². The molecule has 0 aliphatic carbocycles. The molecule has 114 valence electrons. The summed E-state index contributed by atoms with van der Waals surface area (Å²) < 4.78 is 26.2. The lowest BCUT2D eigenvalue weighted by molar-refractivity contribution is 0.255. The van der Waals surface area contributed by atoms with Crippen molar-refractivity contribution in [3.63, 3.8) is 0 Å². The summed E-state index contributed by atoms with van der Waals surface area (Å²) in [5.41, 5.74) is 0.329. The third-order valence-corrected chi connectivity index (χ3v) is 5.34. The van der Waals surface area contributed by atoms with Gasteiger partial charge in [-0.1, -0.05) is 11.6 Å². The van der Waals surface area contributed by atoms with Crippen LogP contribution in [0, 0.1) is 0 Å². The fraction of sp³-hybridized carbons (Fsp3) is 0.0714. The molecule has 3 rings (SSSR count). The zero-order valence-corrected chi connectivity index (χ0v) is 13.0. The van der Waals surface area contributed by atoms with E-state index in [9.17, 15) is 18.3 Å². The monoisotopic (exact) mass is 338 g/mol. The summed E-state index contributed by atoms with van der Waals surface area (Å²) in [6.07, 6.45) is 0. The summed E-state index contributed by atoms with van der Waals surface area (Å²) >= 11 is 5.79. The van der Waals surface area contributed by atoms with Crippen molar-refractivity contribution in [3.8, 4) is 5.75 Å². The number of rotatable bonds is 1. The number of amides is 2. The van der Waals surface area contributed by atoms with E-state index in [-0.39, 0.29) is 22.0 Å². The lowest BCUT2D eigenvalue weighted by Crippen LogP contribution is -2.49. The molecule has 0 saturated carbocycles. The van der Waals surface area contributed by atoms with E-state index in [1.54, 1.807) is 0 Å². The van der Waals surface area contributed by atoms with Crippen LogP contribution in [0.25, 0.3) is 0 Å². The second-order valence-electron chi connectivity index (χ2n) is 4.74. The molecular weight excluding hydrogens is 328 g/mol. The summed E-state index contributed by atoms with van der Waals surface area (Å²) in [5, 5.41) is 9.95. The maximum atomic E-state index is 12.7. The topological polar surface area (TPSA) is 77.9 Å². The Hall–Kier alpha value is -2.25. The van der Waals surface area contributed by atoms with Gasteiger partial charge in [-0.2, -0.15) is 4.31 Å². The molecule has 0 saturated heterocycles. The van der Waals surface area contributed by atoms with E-state index in [1.807, 2.05) is 0 Å². The highest BCUT2D eigenvalue weighted by Gasteiger charge is 2.41. The zero-order valence-electron chi connectivity index (χ0n) is 11.4. The van der Waals surface area contributed by atoms with Gasteiger partial charge in [0.25, 0.3) is 10.0 Å². The highest BCUT2D eigenvalue weighted by molar-refractivity contribution is 7.94. The van der Waals surface area contributed by atoms with Crippen LogP contribution in [0.2, 0.25) is 5.02 Å². The number of nitrogens with zero attached hydrogens (tertiary/aromatic N) is 2. The third-order valence-electron chi connectivity index (χ3n) is 3.34. The van der Waals surface area contributed by atoms with Crippen LogP contribution in [0.4, 0.5) is 16.2 Å². The van der Waals surface area contributed by atoms with Crippen LogP contribution >= 0.6 is 11.6 Å². The fourth-order valence-corrected chi connectivity index (χ4v) is 4.00. The van der Waals surface area contributed by atoms with E-state index in [0.717, 1.165) is 0 Å². The number of carbonyl (C=O) groups is 1. The first-order valence-electron chi connectivity index (χ1n) is 6.24. The van der Waals surface area contributed by atoms with Gasteiger partial charge in [0.05, 0.1) is 11.4 Å². The van der Waals surface area contributed by atoms with E-state index in [1.165, 1.54) is 54.4 Å². The predicted molar refractivity (Wildman–Crippen MR) is 83.0 cm³/mol. The summed E-state index contributed by atoms with van der Waals surface area (Å²) in [4.78, 5) is 13.6. The van der Waals surface area contributed by atoms with Gasteiger partial charge in [0.2, 0.25) is 0 Å². The summed E-state index contributed by atoms with van der Waals surface area (Å²) in [6.45, 7) is 0. The van der Waals surface area contributed by atoms with Crippen LogP contribution in [-0.4, -0.2) is 26.6 Å². The van der Waals surface area contributed by atoms with E-state index in [2.05, 4.69) is 0 Å². The molecule has 2 aromatic carbocycles. The smallest absolute Gasteiger partial charge is 0.342 e. The van der Waals surface area contributed by atoms with Gasteiger partial charge in [-0.15, -0.1) is 0 Å². The second kappa shape index (κ2) is 4.89. The molecule has 22 heavy (non-hydrogen) atoms. The highest BCUT2D eigenvalue weighted by atomic mass is 35.5. The van der Waals surface area contributed by atoms with Gasteiger partial charge in [0, 0.05) is 18.1 Å². The average molecular weight is 339 g/mol.